The highest BCUT2D eigenvalue weighted by molar-refractivity contribution is 6.30. The first-order valence-corrected chi connectivity index (χ1v) is 6.31. The van der Waals surface area contributed by atoms with Crippen LogP contribution in [-0.4, -0.2) is 0 Å². The molecule has 0 aliphatic rings. The summed E-state index contributed by atoms with van der Waals surface area (Å²) in [6, 6.07) is 9.09. The Morgan fingerprint density at radius 2 is 1.95 bits per heavy atom. The lowest BCUT2D eigenvalue weighted by Gasteiger charge is -2.15. The molecule has 0 aliphatic heterocycles. The van der Waals surface area contributed by atoms with E-state index in [4.69, 9.17) is 17.3 Å². The average molecular weight is 282 g/mol. The van der Waals surface area contributed by atoms with Gasteiger partial charge in [-0.1, -0.05) is 29.8 Å². The molecule has 1 unspecified atom stereocenters. The number of hydrogen-bond acceptors (Lipinski definition) is 1. The van der Waals surface area contributed by atoms with Crippen LogP contribution in [0, 0.1) is 18.6 Å². The predicted molar refractivity (Wildman–Crippen MR) is 73.2 cm³/mol. The van der Waals surface area contributed by atoms with Crippen LogP contribution in [0.2, 0.25) is 5.02 Å². The molecule has 0 amide bonds. The fraction of sp³-hybridized carbons (Fsp3) is 0.200. The van der Waals surface area contributed by atoms with Crippen molar-refractivity contribution in [2.75, 3.05) is 0 Å². The van der Waals surface area contributed by atoms with Crippen molar-refractivity contribution in [3.05, 3.63) is 69.7 Å². The van der Waals surface area contributed by atoms with E-state index in [-0.39, 0.29) is 12.0 Å². The van der Waals surface area contributed by atoms with Gasteiger partial charge in [0.15, 0.2) is 11.6 Å². The maximum Gasteiger partial charge on any atom is 0.162 e. The number of halogens is 3. The Morgan fingerprint density at radius 3 is 2.63 bits per heavy atom. The fourth-order valence-corrected chi connectivity index (χ4v) is 2.33. The molecule has 0 heterocycles. The molecular formula is C15H14ClF2N. The molecule has 100 valence electrons. The smallest absolute Gasteiger partial charge is 0.162 e. The second kappa shape index (κ2) is 5.68. The zero-order valence-electron chi connectivity index (χ0n) is 10.5. The van der Waals surface area contributed by atoms with Gasteiger partial charge in [0.25, 0.3) is 0 Å². The van der Waals surface area contributed by atoms with E-state index < -0.39 is 17.7 Å². The lowest BCUT2D eigenvalue weighted by Crippen LogP contribution is -2.15. The van der Waals surface area contributed by atoms with Crippen molar-refractivity contribution in [1.29, 1.82) is 0 Å². The molecule has 4 heteroatoms. The Morgan fingerprint density at radius 1 is 1.21 bits per heavy atom. The van der Waals surface area contributed by atoms with E-state index in [1.807, 2.05) is 13.0 Å². The highest BCUT2D eigenvalue weighted by Gasteiger charge is 2.14. The SMILES string of the molecule is Cc1cc(Cl)ccc1C(N)Cc1cccc(F)c1F. The summed E-state index contributed by atoms with van der Waals surface area (Å²) in [7, 11) is 0. The van der Waals surface area contributed by atoms with Gasteiger partial charge in [-0.2, -0.15) is 0 Å². The van der Waals surface area contributed by atoms with E-state index in [1.54, 1.807) is 18.2 Å². The number of aryl methyl sites for hydroxylation is 1. The van der Waals surface area contributed by atoms with Crippen LogP contribution in [0.25, 0.3) is 0 Å². The van der Waals surface area contributed by atoms with Crippen molar-refractivity contribution in [2.24, 2.45) is 5.73 Å². The average Bonchev–Trinajstić information content (AvgIpc) is 2.34. The molecule has 0 spiro atoms. The third-order valence-electron chi connectivity index (χ3n) is 3.10. The number of hydrogen-bond donors (Lipinski definition) is 1. The van der Waals surface area contributed by atoms with Crippen molar-refractivity contribution in [1.82, 2.24) is 0 Å². The first kappa shape index (κ1) is 14.0. The van der Waals surface area contributed by atoms with Crippen LogP contribution >= 0.6 is 11.6 Å². The Balaban J connectivity index is 2.25. The summed E-state index contributed by atoms with van der Waals surface area (Å²) in [5, 5.41) is 0.630. The lowest BCUT2D eigenvalue weighted by molar-refractivity contribution is 0.494. The highest BCUT2D eigenvalue weighted by Crippen LogP contribution is 2.24. The van der Waals surface area contributed by atoms with Crippen LogP contribution < -0.4 is 5.73 Å². The number of nitrogens with two attached hydrogens (primary N) is 1. The van der Waals surface area contributed by atoms with E-state index in [9.17, 15) is 8.78 Å². The van der Waals surface area contributed by atoms with Gasteiger partial charge < -0.3 is 5.73 Å². The van der Waals surface area contributed by atoms with Crippen molar-refractivity contribution >= 4 is 11.6 Å². The van der Waals surface area contributed by atoms with E-state index in [0.29, 0.717) is 5.02 Å². The maximum absolute atomic E-state index is 13.6. The summed E-state index contributed by atoms with van der Waals surface area (Å²) in [6.07, 6.45) is 0.242. The van der Waals surface area contributed by atoms with Crippen molar-refractivity contribution in [3.63, 3.8) is 0 Å². The molecule has 2 rings (SSSR count). The second-order valence-corrected chi connectivity index (χ2v) is 4.96. The molecule has 0 aliphatic carbocycles. The van der Waals surface area contributed by atoms with Gasteiger partial charge in [0.05, 0.1) is 0 Å². The van der Waals surface area contributed by atoms with Crippen LogP contribution in [0.3, 0.4) is 0 Å². The molecule has 0 fully saturated rings. The van der Waals surface area contributed by atoms with Crippen molar-refractivity contribution in [3.8, 4) is 0 Å². The van der Waals surface area contributed by atoms with Crippen molar-refractivity contribution in [2.45, 2.75) is 19.4 Å². The zero-order chi connectivity index (χ0) is 14.0. The van der Waals surface area contributed by atoms with Crippen LogP contribution in [0.4, 0.5) is 8.78 Å². The minimum Gasteiger partial charge on any atom is -0.324 e. The van der Waals surface area contributed by atoms with Crippen LogP contribution in [0.5, 0.6) is 0 Å². The molecule has 2 aromatic rings. The van der Waals surface area contributed by atoms with Gasteiger partial charge >= 0.3 is 0 Å². The summed E-state index contributed by atoms with van der Waals surface area (Å²) in [4.78, 5) is 0. The third-order valence-corrected chi connectivity index (χ3v) is 3.34. The Kier molecular flexibility index (Phi) is 4.17. The summed E-state index contributed by atoms with van der Waals surface area (Å²) < 4.78 is 26.7. The molecule has 0 aromatic heterocycles. The first-order chi connectivity index (χ1) is 8.99. The summed E-state index contributed by atoms with van der Waals surface area (Å²) in [5.74, 6) is -1.68. The van der Waals surface area contributed by atoms with Crippen molar-refractivity contribution < 1.29 is 8.78 Å². The number of benzene rings is 2. The largest absolute Gasteiger partial charge is 0.324 e. The monoisotopic (exact) mass is 281 g/mol. The fourth-order valence-electron chi connectivity index (χ4n) is 2.11. The molecule has 0 bridgehead atoms. The molecule has 0 saturated heterocycles. The minimum atomic E-state index is -0.850. The third kappa shape index (κ3) is 3.11. The van der Waals surface area contributed by atoms with E-state index in [2.05, 4.69) is 0 Å². The molecule has 2 aromatic carbocycles. The molecular weight excluding hydrogens is 268 g/mol. The molecule has 1 nitrogen and oxygen atoms in total. The zero-order valence-corrected chi connectivity index (χ0v) is 11.2. The predicted octanol–water partition coefficient (Wildman–Crippen LogP) is 4.17. The van der Waals surface area contributed by atoms with Gasteiger partial charge in [-0.05, 0) is 48.2 Å². The Bertz CT molecular complexity index is 599. The molecule has 19 heavy (non-hydrogen) atoms. The molecule has 0 saturated carbocycles. The van der Waals surface area contributed by atoms with Gasteiger partial charge in [-0.15, -0.1) is 0 Å². The van der Waals surface area contributed by atoms with E-state index in [1.165, 1.54) is 6.07 Å². The Hall–Kier alpha value is -1.45. The van der Waals surface area contributed by atoms with Gasteiger partial charge in [-0.25, -0.2) is 8.78 Å². The second-order valence-electron chi connectivity index (χ2n) is 4.52. The van der Waals surface area contributed by atoms with Crippen LogP contribution in [0.1, 0.15) is 22.7 Å². The van der Waals surface area contributed by atoms with Gasteiger partial charge in [0, 0.05) is 11.1 Å². The standard InChI is InChI=1S/C15H14ClF2N/c1-9-7-11(16)5-6-12(9)14(19)8-10-3-2-4-13(17)15(10)18/h2-7,14H,8,19H2,1H3. The van der Waals surface area contributed by atoms with Crippen LogP contribution in [0.15, 0.2) is 36.4 Å². The molecule has 2 N–H and O–H groups in total. The maximum atomic E-state index is 13.6. The van der Waals surface area contributed by atoms with E-state index >= 15 is 0 Å². The molecule has 0 radical (unpaired) electrons. The molecule has 1 atom stereocenters. The summed E-state index contributed by atoms with van der Waals surface area (Å²) >= 11 is 5.88. The summed E-state index contributed by atoms with van der Waals surface area (Å²) in [5.41, 5.74) is 8.17. The minimum absolute atomic E-state index is 0.242. The normalized spacial score (nSPS) is 12.5. The van der Waals surface area contributed by atoms with Gasteiger partial charge in [0.2, 0.25) is 0 Å². The van der Waals surface area contributed by atoms with Crippen LogP contribution in [-0.2, 0) is 6.42 Å². The topological polar surface area (TPSA) is 26.0 Å². The highest BCUT2D eigenvalue weighted by atomic mass is 35.5. The summed E-state index contributed by atoms with van der Waals surface area (Å²) in [6.45, 7) is 1.89. The number of rotatable bonds is 3. The van der Waals surface area contributed by atoms with Gasteiger partial charge in [0.1, 0.15) is 0 Å². The first-order valence-electron chi connectivity index (χ1n) is 5.93. The lowest BCUT2D eigenvalue weighted by atomic mass is 9.96. The Labute approximate surface area is 116 Å². The van der Waals surface area contributed by atoms with Gasteiger partial charge in [-0.3, -0.25) is 0 Å². The quantitative estimate of drug-likeness (QED) is 0.898. The van der Waals surface area contributed by atoms with E-state index in [0.717, 1.165) is 17.2 Å².